The molecule has 1 rings (SSSR count). The Morgan fingerprint density at radius 3 is 2.67 bits per heavy atom. The highest BCUT2D eigenvalue weighted by Crippen LogP contribution is 2.21. The van der Waals surface area contributed by atoms with E-state index >= 15 is 0 Å². The van der Waals surface area contributed by atoms with Crippen LogP contribution in [-0.4, -0.2) is 18.6 Å². The van der Waals surface area contributed by atoms with E-state index in [9.17, 15) is 18.0 Å². The highest BCUT2D eigenvalue weighted by atomic mass is 79.9. The van der Waals surface area contributed by atoms with Gasteiger partial charge in [0.1, 0.15) is 0 Å². The number of amides is 1. The summed E-state index contributed by atoms with van der Waals surface area (Å²) in [5.41, 5.74) is 0.369. The van der Waals surface area contributed by atoms with Gasteiger partial charge < -0.3 is 5.32 Å². The summed E-state index contributed by atoms with van der Waals surface area (Å²) in [5, 5.41) is 3.77. The lowest BCUT2D eigenvalue weighted by molar-refractivity contribution is -0.132. The monoisotopic (exact) mass is 301 g/mol. The zero-order chi connectivity index (χ0) is 11.5. The lowest BCUT2D eigenvalue weighted by Gasteiger charge is -2.06. The molecule has 0 spiro atoms. The molecule has 7 heteroatoms. The molecule has 0 aliphatic heterocycles. The minimum atomic E-state index is -4.23. The second-order valence-electron chi connectivity index (χ2n) is 2.76. The number of carbonyl (C=O) groups is 1. The fourth-order valence-corrected chi connectivity index (χ4v) is 1.99. The summed E-state index contributed by atoms with van der Waals surface area (Å²) in [5.74, 6) is -0.485. The Kier molecular flexibility index (Phi) is 4.15. The molecule has 0 atom stereocenters. The molecule has 0 aromatic carbocycles. The van der Waals surface area contributed by atoms with Crippen LogP contribution in [-0.2, 0) is 0 Å². The number of carbonyl (C=O) groups excluding carboxylic acids is 1. The van der Waals surface area contributed by atoms with Crippen LogP contribution in [0, 0.1) is 0 Å². The van der Waals surface area contributed by atoms with Gasteiger partial charge in [0.15, 0.2) is 0 Å². The van der Waals surface area contributed by atoms with Crippen LogP contribution in [0.25, 0.3) is 0 Å². The summed E-state index contributed by atoms with van der Waals surface area (Å²) in [6, 6.07) is 1.56. The Hall–Kier alpha value is -0.560. The average molecular weight is 302 g/mol. The molecule has 0 fully saturated rings. The van der Waals surface area contributed by atoms with Crippen molar-refractivity contribution in [1.82, 2.24) is 5.32 Å². The number of rotatable bonds is 3. The number of hydrogen-bond donors (Lipinski definition) is 1. The lowest BCUT2D eigenvalue weighted by Crippen LogP contribution is -2.27. The number of hydrogen-bond acceptors (Lipinski definition) is 2. The number of nitrogens with one attached hydrogen (secondary N) is 1. The molecule has 0 saturated heterocycles. The first-order valence-electron chi connectivity index (χ1n) is 3.97. The molecule has 1 N–H and O–H groups in total. The third kappa shape index (κ3) is 4.65. The smallest absolute Gasteiger partial charge is 0.352 e. The summed E-state index contributed by atoms with van der Waals surface area (Å²) < 4.78 is 36.0. The van der Waals surface area contributed by atoms with Gasteiger partial charge in [0.2, 0.25) is 0 Å². The molecule has 84 valence electrons. The summed E-state index contributed by atoms with van der Waals surface area (Å²) in [7, 11) is 0. The number of alkyl halides is 3. The molecular formula is C8H7BrF3NOS. The van der Waals surface area contributed by atoms with Crippen LogP contribution in [0.2, 0.25) is 0 Å². The van der Waals surface area contributed by atoms with Crippen LogP contribution in [0.3, 0.4) is 0 Å². The largest absolute Gasteiger partial charge is 0.390 e. The third-order valence-electron chi connectivity index (χ3n) is 1.52. The zero-order valence-corrected chi connectivity index (χ0v) is 9.80. The quantitative estimate of drug-likeness (QED) is 0.913. The molecule has 1 aromatic heterocycles. The normalized spacial score (nSPS) is 11.5. The zero-order valence-electron chi connectivity index (χ0n) is 7.40. The Morgan fingerprint density at radius 2 is 2.20 bits per heavy atom. The topological polar surface area (TPSA) is 29.1 Å². The van der Waals surface area contributed by atoms with Crippen LogP contribution in [0.4, 0.5) is 13.2 Å². The van der Waals surface area contributed by atoms with Gasteiger partial charge in [0, 0.05) is 11.9 Å². The van der Waals surface area contributed by atoms with Crippen molar-refractivity contribution in [2.24, 2.45) is 0 Å². The molecule has 0 bridgehead atoms. The first kappa shape index (κ1) is 12.5. The van der Waals surface area contributed by atoms with E-state index in [1.54, 1.807) is 11.4 Å². The van der Waals surface area contributed by atoms with Crippen molar-refractivity contribution in [3.63, 3.8) is 0 Å². The summed E-state index contributed by atoms with van der Waals surface area (Å²) >= 11 is 4.46. The molecule has 0 aliphatic carbocycles. The van der Waals surface area contributed by atoms with Gasteiger partial charge in [-0.25, -0.2) is 0 Å². The number of halogens is 4. The van der Waals surface area contributed by atoms with Gasteiger partial charge in [-0.1, -0.05) is 0 Å². The Balaban J connectivity index is 2.37. The van der Waals surface area contributed by atoms with Crippen LogP contribution in [0.1, 0.15) is 16.8 Å². The molecule has 2 nitrogen and oxygen atoms in total. The van der Waals surface area contributed by atoms with Crippen molar-refractivity contribution in [3.05, 3.63) is 20.8 Å². The average Bonchev–Trinajstić information content (AvgIpc) is 2.49. The van der Waals surface area contributed by atoms with E-state index < -0.39 is 25.0 Å². The second-order valence-corrected chi connectivity index (χ2v) is 5.05. The lowest BCUT2D eigenvalue weighted by atomic mass is 10.3. The molecule has 0 radical (unpaired) electrons. The van der Waals surface area contributed by atoms with Crippen molar-refractivity contribution < 1.29 is 18.0 Å². The molecule has 1 amide bonds. The maximum Gasteiger partial charge on any atom is 0.390 e. The summed E-state index contributed by atoms with van der Waals surface area (Å²) in [4.78, 5) is 11.3. The second kappa shape index (κ2) is 4.98. The van der Waals surface area contributed by atoms with Crippen LogP contribution >= 0.6 is 27.3 Å². The molecular weight excluding hydrogens is 295 g/mol. The van der Waals surface area contributed by atoms with Crippen LogP contribution in [0.5, 0.6) is 0 Å². The van der Waals surface area contributed by atoms with E-state index in [2.05, 4.69) is 21.2 Å². The minimum absolute atomic E-state index is 0.369. The Morgan fingerprint density at radius 1 is 1.53 bits per heavy atom. The molecule has 0 unspecified atom stereocenters. The van der Waals surface area contributed by atoms with Crippen molar-refractivity contribution in [2.75, 3.05) is 6.54 Å². The first-order valence-corrected chi connectivity index (χ1v) is 5.65. The fraction of sp³-hybridized carbons (Fsp3) is 0.375. The van der Waals surface area contributed by atoms with Crippen molar-refractivity contribution in [2.45, 2.75) is 12.6 Å². The van der Waals surface area contributed by atoms with Gasteiger partial charge in [0.05, 0.1) is 15.8 Å². The van der Waals surface area contributed by atoms with Gasteiger partial charge >= 0.3 is 6.18 Å². The van der Waals surface area contributed by atoms with E-state index in [4.69, 9.17) is 0 Å². The fourth-order valence-electron chi connectivity index (χ4n) is 0.849. The van der Waals surface area contributed by atoms with Crippen molar-refractivity contribution in [1.29, 1.82) is 0 Å². The Bertz CT molecular complexity index is 350. The summed E-state index contributed by atoms with van der Waals surface area (Å²) in [6.45, 7) is -0.393. The van der Waals surface area contributed by atoms with E-state index in [0.717, 1.165) is 3.79 Å². The van der Waals surface area contributed by atoms with E-state index in [-0.39, 0.29) is 0 Å². The van der Waals surface area contributed by atoms with Gasteiger partial charge in [-0.15, -0.1) is 11.3 Å². The minimum Gasteiger partial charge on any atom is -0.352 e. The predicted octanol–water partition coefficient (Wildman–Crippen LogP) is 3.19. The molecule has 0 saturated carbocycles. The Labute approximate surface area is 96.6 Å². The standard InChI is InChI=1S/C8H7BrF3NOS/c9-6-3-5(4-15-6)7(14)13-2-1-8(10,11)12/h3-4H,1-2H2,(H,13,14). The van der Waals surface area contributed by atoms with Gasteiger partial charge in [-0.2, -0.15) is 13.2 Å². The first-order chi connectivity index (χ1) is 6.88. The van der Waals surface area contributed by atoms with Gasteiger partial charge in [0.25, 0.3) is 5.91 Å². The maximum atomic E-state index is 11.8. The molecule has 1 heterocycles. The summed E-state index contributed by atoms with van der Waals surface area (Å²) in [6.07, 6.45) is -5.24. The third-order valence-corrected chi connectivity index (χ3v) is 3.03. The highest BCUT2D eigenvalue weighted by molar-refractivity contribution is 9.11. The van der Waals surface area contributed by atoms with Crippen LogP contribution in [0.15, 0.2) is 15.2 Å². The maximum absolute atomic E-state index is 11.8. The van der Waals surface area contributed by atoms with Crippen molar-refractivity contribution in [3.8, 4) is 0 Å². The van der Waals surface area contributed by atoms with Gasteiger partial charge in [-0.05, 0) is 22.0 Å². The van der Waals surface area contributed by atoms with Crippen molar-refractivity contribution >= 4 is 33.2 Å². The van der Waals surface area contributed by atoms with Crippen LogP contribution < -0.4 is 5.32 Å². The van der Waals surface area contributed by atoms with E-state index in [0.29, 0.717) is 5.56 Å². The molecule has 0 aliphatic rings. The predicted molar refractivity (Wildman–Crippen MR) is 55.0 cm³/mol. The van der Waals surface area contributed by atoms with Gasteiger partial charge in [-0.3, -0.25) is 4.79 Å². The molecule has 1 aromatic rings. The highest BCUT2D eigenvalue weighted by Gasteiger charge is 2.26. The number of thiophene rings is 1. The SMILES string of the molecule is O=C(NCCC(F)(F)F)c1csc(Br)c1. The van der Waals surface area contributed by atoms with E-state index in [1.807, 2.05) is 0 Å². The molecule has 15 heavy (non-hydrogen) atoms. The van der Waals surface area contributed by atoms with E-state index in [1.165, 1.54) is 11.3 Å².